The first-order valence-electron chi connectivity index (χ1n) is 9.11. The van der Waals surface area contributed by atoms with Crippen molar-refractivity contribution < 1.29 is 14.3 Å². The summed E-state index contributed by atoms with van der Waals surface area (Å²) in [5.41, 5.74) is 7.59. The minimum absolute atomic E-state index is 0.0440. The molecule has 142 valence electrons. The van der Waals surface area contributed by atoms with E-state index in [9.17, 15) is 4.79 Å². The number of fused-ring (bicyclic) bond motifs is 1. The largest absolute Gasteiger partial charge is 0.467 e. The number of aromatic nitrogens is 3. The second-order valence-electron chi connectivity index (χ2n) is 6.54. The van der Waals surface area contributed by atoms with Gasteiger partial charge in [0.15, 0.2) is 0 Å². The molecule has 0 N–H and O–H groups in total. The molecule has 6 nitrogen and oxygen atoms in total. The fourth-order valence-corrected chi connectivity index (χ4v) is 3.30. The summed E-state index contributed by atoms with van der Waals surface area (Å²) in [5, 5.41) is 4.79. The van der Waals surface area contributed by atoms with Crippen LogP contribution in [0.2, 0.25) is 0 Å². The van der Waals surface area contributed by atoms with Crippen LogP contribution in [-0.2, 0) is 27.1 Å². The summed E-state index contributed by atoms with van der Waals surface area (Å²) in [6.45, 7) is 6.55. The average Bonchev–Trinajstić information content (AvgIpc) is 3.07. The average molecular weight is 367 g/mol. The van der Waals surface area contributed by atoms with Crippen molar-refractivity contribution in [2.45, 2.75) is 33.6 Å². The second-order valence-corrected chi connectivity index (χ2v) is 6.54. The van der Waals surface area contributed by atoms with Gasteiger partial charge >= 0.3 is 5.97 Å². The number of hydrogen-bond donors (Lipinski definition) is 0. The Balaban J connectivity index is 2.04. The highest BCUT2D eigenvalue weighted by atomic mass is 16.6. The molecule has 0 unspecified atom stereocenters. The quantitative estimate of drug-likeness (QED) is 0.473. The summed E-state index contributed by atoms with van der Waals surface area (Å²) in [4.78, 5) is 15.6. The first kappa shape index (κ1) is 19.0. The number of carbonyl (C=O) groups is 1. The first-order valence-corrected chi connectivity index (χ1v) is 9.11. The number of aryl methyl sites for hydroxylation is 3. The molecule has 0 aliphatic carbocycles. The molecule has 0 spiro atoms. The molecule has 0 bridgehead atoms. The Morgan fingerprint density at radius 1 is 1.22 bits per heavy atom. The standard InChI is InChI=1S/C21H25N3O3/c1-5-17-6-7-19-21(16-10-14(2)11-22-12-16)18(15(3)23-24(17)19)8-9-27-13-20(25)26-4/h6-7,10-12H,5,8-9,13H2,1-4H3. The Morgan fingerprint density at radius 2 is 2.04 bits per heavy atom. The van der Waals surface area contributed by atoms with E-state index >= 15 is 0 Å². The van der Waals surface area contributed by atoms with Gasteiger partial charge in [-0.25, -0.2) is 9.31 Å². The lowest BCUT2D eigenvalue weighted by molar-refractivity contribution is -0.145. The van der Waals surface area contributed by atoms with E-state index in [4.69, 9.17) is 9.84 Å². The minimum Gasteiger partial charge on any atom is -0.467 e. The SMILES string of the molecule is CCc1ccc2c(-c3cncc(C)c3)c(CCOCC(=O)OC)c(C)nn12. The van der Waals surface area contributed by atoms with Gasteiger partial charge in [-0.15, -0.1) is 0 Å². The van der Waals surface area contributed by atoms with Crippen LogP contribution < -0.4 is 0 Å². The predicted octanol–water partition coefficient (Wildman–Crippen LogP) is 3.31. The molecule has 0 radical (unpaired) electrons. The minimum atomic E-state index is -0.373. The highest BCUT2D eigenvalue weighted by molar-refractivity contribution is 5.83. The van der Waals surface area contributed by atoms with Crippen LogP contribution in [-0.4, -0.2) is 40.9 Å². The lowest BCUT2D eigenvalue weighted by Gasteiger charge is -2.16. The van der Waals surface area contributed by atoms with Crippen molar-refractivity contribution in [3.05, 3.63) is 53.1 Å². The molecule has 0 saturated heterocycles. The lowest BCUT2D eigenvalue weighted by Crippen LogP contribution is -2.13. The smallest absolute Gasteiger partial charge is 0.331 e. The van der Waals surface area contributed by atoms with Gasteiger partial charge in [-0.2, -0.15) is 5.10 Å². The first-order chi connectivity index (χ1) is 13.0. The number of methoxy groups -OCH3 is 1. The van der Waals surface area contributed by atoms with E-state index < -0.39 is 0 Å². The summed E-state index contributed by atoms with van der Waals surface area (Å²) in [7, 11) is 1.36. The fraction of sp³-hybridized carbons (Fsp3) is 0.381. The van der Waals surface area contributed by atoms with E-state index in [2.05, 4.69) is 34.8 Å². The highest BCUT2D eigenvalue weighted by Gasteiger charge is 2.17. The Hall–Kier alpha value is -2.73. The number of hydrogen-bond acceptors (Lipinski definition) is 5. The van der Waals surface area contributed by atoms with E-state index in [0.717, 1.165) is 39.9 Å². The molecule has 0 aliphatic heterocycles. The molecule has 3 heterocycles. The predicted molar refractivity (Wildman–Crippen MR) is 104 cm³/mol. The maximum atomic E-state index is 11.3. The van der Waals surface area contributed by atoms with Gasteiger partial charge in [0.1, 0.15) is 6.61 Å². The van der Waals surface area contributed by atoms with Gasteiger partial charge in [-0.05, 0) is 56.0 Å². The molecular formula is C21H25N3O3. The topological polar surface area (TPSA) is 65.7 Å². The van der Waals surface area contributed by atoms with Crippen LogP contribution in [0, 0.1) is 13.8 Å². The Kier molecular flexibility index (Phi) is 5.86. The van der Waals surface area contributed by atoms with Gasteiger partial charge < -0.3 is 9.47 Å². The summed E-state index contributed by atoms with van der Waals surface area (Å²) in [6.07, 6.45) is 5.30. The zero-order valence-electron chi connectivity index (χ0n) is 16.3. The summed E-state index contributed by atoms with van der Waals surface area (Å²) in [5.74, 6) is -0.373. The van der Waals surface area contributed by atoms with Crippen LogP contribution in [0.25, 0.3) is 16.6 Å². The van der Waals surface area contributed by atoms with E-state index in [-0.39, 0.29) is 12.6 Å². The van der Waals surface area contributed by atoms with Crippen molar-refractivity contribution in [2.24, 2.45) is 0 Å². The van der Waals surface area contributed by atoms with Crippen LogP contribution in [0.5, 0.6) is 0 Å². The molecule has 27 heavy (non-hydrogen) atoms. The zero-order valence-corrected chi connectivity index (χ0v) is 16.3. The molecule has 0 fully saturated rings. The maximum absolute atomic E-state index is 11.3. The van der Waals surface area contributed by atoms with Crippen LogP contribution in [0.15, 0.2) is 30.6 Å². The van der Waals surface area contributed by atoms with Crippen LogP contribution in [0.3, 0.4) is 0 Å². The van der Waals surface area contributed by atoms with Crippen molar-refractivity contribution in [1.29, 1.82) is 0 Å². The normalized spacial score (nSPS) is 11.1. The van der Waals surface area contributed by atoms with E-state index in [1.807, 2.05) is 30.8 Å². The number of nitrogens with zero attached hydrogens (tertiary/aromatic N) is 3. The molecule has 3 rings (SSSR count). The van der Waals surface area contributed by atoms with Crippen LogP contribution >= 0.6 is 0 Å². The summed E-state index contributed by atoms with van der Waals surface area (Å²) in [6, 6.07) is 6.37. The molecule has 0 aromatic carbocycles. The van der Waals surface area contributed by atoms with Crippen LogP contribution in [0.1, 0.15) is 29.4 Å². The van der Waals surface area contributed by atoms with Crippen molar-refractivity contribution in [3.8, 4) is 11.1 Å². The van der Waals surface area contributed by atoms with Gasteiger partial charge in [-0.1, -0.05) is 6.92 Å². The van der Waals surface area contributed by atoms with Crippen molar-refractivity contribution in [2.75, 3.05) is 20.3 Å². The van der Waals surface area contributed by atoms with Gasteiger partial charge in [-0.3, -0.25) is 4.98 Å². The van der Waals surface area contributed by atoms with Gasteiger partial charge in [0, 0.05) is 29.2 Å². The zero-order chi connectivity index (χ0) is 19.4. The van der Waals surface area contributed by atoms with Gasteiger partial charge in [0.25, 0.3) is 0 Å². The third kappa shape index (κ3) is 4.01. The van der Waals surface area contributed by atoms with E-state index in [0.29, 0.717) is 13.0 Å². The monoisotopic (exact) mass is 367 g/mol. The highest BCUT2D eigenvalue weighted by Crippen LogP contribution is 2.31. The Labute approximate surface area is 159 Å². The van der Waals surface area contributed by atoms with Crippen molar-refractivity contribution in [1.82, 2.24) is 14.6 Å². The Morgan fingerprint density at radius 3 is 2.74 bits per heavy atom. The third-order valence-electron chi connectivity index (χ3n) is 4.65. The van der Waals surface area contributed by atoms with Crippen molar-refractivity contribution in [3.63, 3.8) is 0 Å². The Bertz CT molecular complexity index is 963. The van der Waals surface area contributed by atoms with Crippen molar-refractivity contribution >= 4 is 11.5 Å². The van der Waals surface area contributed by atoms with Gasteiger partial charge in [0.05, 0.1) is 24.9 Å². The molecular weight excluding hydrogens is 342 g/mol. The molecule has 0 amide bonds. The van der Waals surface area contributed by atoms with Crippen LogP contribution in [0.4, 0.5) is 0 Å². The second kappa shape index (κ2) is 8.31. The van der Waals surface area contributed by atoms with Gasteiger partial charge in [0.2, 0.25) is 0 Å². The number of pyridine rings is 1. The number of rotatable bonds is 7. The summed E-state index contributed by atoms with van der Waals surface area (Å²) >= 11 is 0. The lowest BCUT2D eigenvalue weighted by atomic mass is 9.97. The van der Waals surface area contributed by atoms with E-state index in [1.165, 1.54) is 12.8 Å². The maximum Gasteiger partial charge on any atom is 0.331 e. The molecule has 3 aromatic heterocycles. The third-order valence-corrected chi connectivity index (χ3v) is 4.65. The number of carbonyl (C=O) groups excluding carboxylic acids is 1. The molecule has 3 aromatic rings. The van der Waals surface area contributed by atoms with E-state index in [1.54, 1.807) is 0 Å². The fourth-order valence-electron chi connectivity index (χ4n) is 3.30. The summed E-state index contributed by atoms with van der Waals surface area (Å²) < 4.78 is 12.1. The molecule has 6 heteroatoms. The molecule has 0 saturated carbocycles. The molecule has 0 aliphatic rings. The number of esters is 1. The number of ether oxygens (including phenoxy) is 2. The molecule has 0 atom stereocenters.